The summed E-state index contributed by atoms with van der Waals surface area (Å²) in [5.41, 5.74) is 8.62. The summed E-state index contributed by atoms with van der Waals surface area (Å²) < 4.78 is 3.98. The number of pyridine rings is 1. The van der Waals surface area contributed by atoms with Gasteiger partial charge in [-0.25, -0.2) is 14.5 Å². The Balaban J connectivity index is 1.82. The highest BCUT2D eigenvalue weighted by molar-refractivity contribution is 5.95. The van der Waals surface area contributed by atoms with E-state index in [-0.39, 0.29) is 0 Å². The first-order valence-corrected chi connectivity index (χ1v) is 9.25. The predicted octanol–water partition coefficient (Wildman–Crippen LogP) is 4.36. The van der Waals surface area contributed by atoms with E-state index in [1.807, 2.05) is 12.1 Å². The Morgan fingerprint density at radius 3 is 2.43 bits per heavy atom. The zero-order chi connectivity index (χ0) is 19.4. The van der Waals surface area contributed by atoms with Crippen LogP contribution in [-0.4, -0.2) is 29.1 Å². The molecule has 5 rings (SSSR count). The lowest BCUT2D eigenvalue weighted by Gasteiger charge is -2.12. The van der Waals surface area contributed by atoms with E-state index in [2.05, 4.69) is 60.5 Å². The summed E-state index contributed by atoms with van der Waals surface area (Å²) in [6.45, 7) is 8.51. The fourth-order valence-corrected chi connectivity index (χ4v) is 3.83. The lowest BCUT2D eigenvalue weighted by Crippen LogP contribution is -2.01. The molecule has 0 fully saturated rings. The maximum Gasteiger partial charge on any atom is 0.182 e. The Hall–Kier alpha value is -3.54. The highest BCUT2D eigenvalue weighted by Gasteiger charge is 2.20. The van der Waals surface area contributed by atoms with Crippen molar-refractivity contribution < 1.29 is 0 Å². The molecule has 0 saturated carbocycles. The molecule has 0 amide bonds. The molecule has 0 N–H and O–H groups in total. The summed E-state index contributed by atoms with van der Waals surface area (Å²) >= 11 is 0. The molecule has 6 nitrogen and oxygen atoms in total. The molecule has 4 aromatic heterocycles. The van der Waals surface area contributed by atoms with Gasteiger partial charge in [-0.15, -0.1) is 5.10 Å². The number of aryl methyl sites for hydroxylation is 3. The minimum Gasteiger partial charge on any atom is -0.298 e. The van der Waals surface area contributed by atoms with E-state index in [1.54, 1.807) is 23.2 Å². The molecule has 4 heterocycles. The average molecular weight is 368 g/mol. The Labute approximate surface area is 162 Å². The SMILES string of the molecule is Cc1ccc(-n2c(C)c(C)c3c2ncn2nc(-c4ccncc4)nc32)c(C)c1. The smallest absolute Gasteiger partial charge is 0.182 e. The number of nitrogens with zero attached hydrogens (tertiary/aromatic N) is 6. The normalized spacial score (nSPS) is 11.6. The van der Waals surface area contributed by atoms with E-state index in [0.29, 0.717) is 5.82 Å². The molecule has 0 aliphatic carbocycles. The van der Waals surface area contributed by atoms with Crippen LogP contribution in [0.4, 0.5) is 0 Å². The number of hydrogen-bond donors (Lipinski definition) is 0. The fraction of sp³-hybridized carbons (Fsp3) is 0.182. The number of rotatable bonds is 2. The van der Waals surface area contributed by atoms with Crippen LogP contribution < -0.4 is 0 Å². The first-order valence-electron chi connectivity index (χ1n) is 9.25. The van der Waals surface area contributed by atoms with Gasteiger partial charge in [0.05, 0.1) is 11.1 Å². The van der Waals surface area contributed by atoms with E-state index in [0.717, 1.165) is 33.6 Å². The van der Waals surface area contributed by atoms with Gasteiger partial charge in [-0.05, 0) is 57.0 Å². The molecule has 6 heteroatoms. The molecule has 0 saturated heterocycles. The van der Waals surface area contributed by atoms with Crippen molar-refractivity contribution in [1.29, 1.82) is 0 Å². The third kappa shape index (κ3) is 2.34. The topological polar surface area (TPSA) is 60.9 Å². The first-order chi connectivity index (χ1) is 13.5. The van der Waals surface area contributed by atoms with Gasteiger partial charge in [0.25, 0.3) is 0 Å². The summed E-state index contributed by atoms with van der Waals surface area (Å²) in [4.78, 5) is 13.7. The maximum atomic E-state index is 4.83. The van der Waals surface area contributed by atoms with Gasteiger partial charge in [0, 0.05) is 23.7 Å². The minimum absolute atomic E-state index is 0.674. The van der Waals surface area contributed by atoms with Crippen LogP contribution in [0.1, 0.15) is 22.4 Å². The molecule has 5 aromatic rings. The molecule has 0 bridgehead atoms. The molecule has 0 radical (unpaired) electrons. The predicted molar refractivity (Wildman–Crippen MR) is 110 cm³/mol. The summed E-state index contributed by atoms with van der Waals surface area (Å²) in [6.07, 6.45) is 5.25. The van der Waals surface area contributed by atoms with E-state index >= 15 is 0 Å². The van der Waals surface area contributed by atoms with Crippen molar-refractivity contribution in [3.05, 3.63) is 71.4 Å². The van der Waals surface area contributed by atoms with Crippen LogP contribution in [0.25, 0.3) is 33.8 Å². The lowest BCUT2D eigenvalue weighted by molar-refractivity contribution is 0.925. The number of fused-ring (bicyclic) bond motifs is 3. The number of benzene rings is 1. The highest BCUT2D eigenvalue weighted by Crippen LogP contribution is 2.31. The van der Waals surface area contributed by atoms with Crippen LogP contribution in [-0.2, 0) is 0 Å². The molecular formula is C22H20N6. The maximum absolute atomic E-state index is 4.83. The highest BCUT2D eigenvalue weighted by atomic mass is 15.3. The van der Waals surface area contributed by atoms with Gasteiger partial charge in [0.1, 0.15) is 6.33 Å². The van der Waals surface area contributed by atoms with Gasteiger partial charge < -0.3 is 0 Å². The van der Waals surface area contributed by atoms with Crippen molar-refractivity contribution in [2.24, 2.45) is 0 Å². The Bertz CT molecular complexity index is 1340. The lowest BCUT2D eigenvalue weighted by atomic mass is 10.1. The van der Waals surface area contributed by atoms with Crippen LogP contribution in [0.2, 0.25) is 0 Å². The fourth-order valence-electron chi connectivity index (χ4n) is 3.83. The van der Waals surface area contributed by atoms with E-state index in [9.17, 15) is 0 Å². The standard InChI is InChI=1S/C22H20N6/c1-13-5-6-18(14(2)11-13)28-16(4)15(3)19-21(28)24-12-27-22(19)25-20(26-27)17-7-9-23-10-8-17/h5-12H,1-4H3. The van der Waals surface area contributed by atoms with Gasteiger partial charge in [-0.2, -0.15) is 0 Å². The van der Waals surface area contributed by atoms with Gasteiger partial charge in [-0.1, -0.05) is 17.7 Å². The monoisotopic (exact) mass is 368 g/mol. The Morgan fingerprint density at radius 1 is 0.893 bits per heavy atom. The summed E-state index contributed by atoms with van der Waals surface area (Å²) in [6, 6.07) is 10.3. The molecule has 138 valence electrons. The molecule has 0 atom stereocenters. The van der Waals surface area contributed by atoms with Crippen molar-refractivity contribution >= 4 is 16.7 Å². The summed E-state index contributed by atoms with van der Waals surface area (Å²) in [7, 11) is 0. The van der Waals surface area contributed by atoms with Crippen molar-refractivity contribution in [3.63, 3.8) is 0 Å². The van der Waals surface area contributed by atoms with E-state index < -0.39 is 0 Å². The average Bonchev–Trinajstić information content (AvgIpc) is 3.23. The summed E-state index contributed by atoms with van der Waals surface area (Å²) in [5.74, 6) is 0.674. The van der Waals surface area contributed by atoms with Gasteiger partial charge >= 0.3 is 0 Å². The molecular weight excluding hydrogens is 348 g/mol. The summed E-state index contributed by atoms with van der Waals surface area (Å²) in [5, 5.41) is 5.66. The van der Waals surface area contributed by atoms with Crippen molar-refractivity contribution in [2.45, 2.75) is 27.7 Å². The minimum atomic E-state index is 0.674. The van der Waals surface area contributed by atoms with Gasteiger partial charge in [0.2, 0.25) is 0 Å². The van der Waals surface area contributed by atoms with Crippen LogP contribution in [0.5, 0.6) is 0 Å². The number of hydrogen-bond acceptors (Lipinski definition) is 4. The van der Waals surface area contributed by atoms with Gasteiger partial charge in [-0.3, -0.25) is 9.55 Å². The third-order valence-electron chi connectivity index (χ3n) is 5.36. The molecule has 28 heavy (non-hydrogen) atoms. The second kappa shape index (κ2) is 5.99. The number of aromatic nitrogens is 6. The molecule has 0 aliphatic rings. The second-order valence-electron chi connectivity index (χ2n) is 7.22. The molecule has 0 spiro atoms. The Morgan fingerprint density at radius 2 is 1.68 bits per heavy atom. The van der Waals surface area contributed by atoms with Gasteiger partial charge in [0.15, 0.2) is 17.1 Å². The van der Waals surface area contributed by atoms with Crippen molar-refractivity contribution in [1.82, 2.24) is 29.1 Å². The zero-order valence-corrected chi connectivity index (χ0v) is 16.3. The first kappa shape index (κ1) is 16.6. The van der Waals surface area contributed by atoms with Crippen LogP contribution in [0.3, 0.4) is 0 Å². The zero-order valence-electron chi connectivity index (χ0n) is 16.3. The second-order valence-corrected chi connectivity index (χ2v) is 7.22. The molecule has 1 aromatic carbocycles. The van der Waals surface area contributed by atoms with Crippen molar-refractivity contribution in [2.75, 3.05) is 0 Å². The quantitative estimate of drug-likeness (QED) is 0.464. The van der Waals surface area contributed by atoms with Crippen LogP contribution in [0.15, 0.2) is 49.1 Å². The largest absolute Gasteiger partial charge is 0.298 e. The van der Waals surface area contributed by atoms with Crippen LogP contribution in [0, 0.1) is 27.7 Å². The molecule has 0 aliphatic heterocycles. The molecule has 0 unspecified atom stereocenters. The van der Waals surface area contributed by atoms with E-state index in [1.165, 1.54) is 16.7 Å². The Kier molecular flexibility index (Phi) is 3.55. The van der Waals surface area contributed by atoms with E-state index in [4.69, 9.17) is 9.97 Å². The van der Waals surface area contributed by atoms with Crippen LogP contribution >= 0.6 is 0 Å². The third-order valence-corrected chi connectivity index (χ3v) is 5.36. The van der Waals surface area contributed by atoms with Crippen molar-refractivity contribution in [3.8, 4) is 17.1 Å².